The molecule has 0 radical (unpaired) electrons. The third kappa shape index (κ3) is 5.82. The van der Waals surface area contributed by atoms with Gasteiger partial charge in [0.25, 0.3) is 0 Å². The average Bonchev–Trinajstić information content (AvgIpc) is 3.70. The highest BCUT2D eigenvalue weighted by Crippen LogP contribution is 2.47. The Morgan fingerprint density at radius 1 is 0.310 bits per heavy atom. The van der Waals surface area contributed by atoms with E-state index >= 15 is 0 Å². The van der Waals surface area contributed by atoms with Crippen molar-refractivity contribution in [2.75, 3.05) is 4.90 Å². The second-order valence-electron chi connectivity index (χ2n) is 14.9. The summed E-state index contributed by atoms with van der Waals surface area (Å²) in [7, 11) is 0. The lowest BCUT2D eigenvalue weighted by molar-refractivity contribution is 0.670. The van der Waals surface area contributed by atoms with Crippen molar-refractivity contribution >= 4 is 60.5 Å². The highest BCUT2D eigenvalue weighted by Gasteiger charge is 2.23. The maximum Gasteiger partial charge on any atom is 0.145 e. The summed E-state index contributed by atoms with van der Waals surface area (Å²) in [5.41, 5.74) is 14.2. The number of fused-ring (bicyclic) bond motifs is 6. The smallest absolute Gasteiger partial charge is 0.145 e. The largest absolute Gasteiger partial charge is 0.455 e. The van der Waals surface area contributed by atoms with Gasteiger partial charge in [0, 0.05) is 22.3 Å². The maximum atomic E-state index is 6.78. The molecule has 0 aliphatic carbocycles. The van der Waals surface area contributed by atoms with Crippen LogP contribution < -0.4 is 4.90 Å². The molecule has 11 rings (SSSR count). The summed E-state index contributed by atoms with van der Waals surface area (Å²) in [6, 6.07) is 80.6. The van der Waals surface area contributed by atoms with Crippen molar-refractivity contribution in [1.29, 1.82) is 0 Å². The van der Waals surface area contributed by atoms with E-state index in [1.165, 1.54) is 49.4 Å². The van der Waals surface area contributed by atoms with Crippen LogP contribution in [0, 0.1) is 0 Å². The summed E-state index contributed by atoms with van der Waals surface area (Å²) in [4.78, 5) is 2.39. The number of furan rings is 1. The first-order chi connectivity index (χ1) is 28.8. The molecule has 0 N–H and O–H groups in total. The van der Waals surface area contributed by atoms with Gasteiger partial charge in [-0.15, -0.1) is 0 Å². The Kier molecular flexibility index (Phi) is 8.19. The molecule has 0 saturated heterocycles. The summed E-state index contributed by atoms with van der Waals surface area (Å²) < 4.78 is 6.78. The van der Waals surface area contributed by atoms with E-state index in [-0.39, 0.29) is 0 Å². The molecule has 0 amide bonds. The second kappa shape index (κ2) is 14.1. The molecule has 0 saturated carbocycles. The summed E-state index contributed by atoms with van der Waals surface area (Å²) in [5.74, 6) is 0. The van der Waals surface area contributed by atoms with E-state index in [0.29, 0.717) is 0 Å². The molecule has 0 unspecified atom stereocenters. The molecular formula is C56H37NO. The molecule has 58 heavy (non-hydrogen) atoms. The van der Waals surface area contributed by atoms with E-state index in [0.717, 1.165) is 55.7 Å². The summed E-state index contributed by atoms with van der Waals surface area (Å²) in [5, 5.41) is 7.19. The van der Waals surface area contributed by atoms with E-state index in [9.17, 15) is 0 Å². The lowest BCUT2D eigenvalue weighted by Crippen LogP contribution is -2.10. The molecule has 11 aromatic rings. The minimum atomic E-state index is 0.868. The fourth-order valence-corrected chi connectivity index (χ4v) is 8.69. The molecule has 0 atom stereocenters. The van der Waals surface area contributed by atoms with Gasteiger partial charge in [-0.1, -0.05) is 170 Å². The molecule has 0 bridgehead atoms. The van der Waals surface area contributed by atoms with Crippen LogP contribution in [-0.4, -0.2) is 0 Å². The first-order valence-electron chi connectivity index (χ1n) is 19.8. The second-order valence-corrected chi connectivity index (χ2v) is 14.9. The van der Waals surface area contributed by atoms with Crippen molar-refractivity contribution in [3.8, 4) is 44.5 Å². The van der Waals surface area contributed by atoms with Crippen molar-refractivity contribution < 1.29 is 4.42 Å². The minimum Gasteiger partial charge on any atom is -0.455 e. The predicted molar refractivity (Wildman–Crippen MR) is 245 cm³/mol. The molecule has 1 heterocycles. The van der Waals surface area contributed by atoms with Gasteiger partial charge in [-0.25, -0.2) is 0 Å². The van der Waals surface area contributed by atoms with E-state index < -0.39 is 0 Å². The van der Waals surface area contributed by atoms with Gasteiger partial charge >= 0.3 is 0 Å². The summed E-state index contributed by atoms with van der Waals surface area (Å²) in [6.45, 7) is 0. The van der Waals surface area contributed by atoms with Crippen molar-refractivity contribution in [3.63, 3.8) is 0 Å². The Bertz CT molecular complexity index is 3270. The van der Waals surface area contributed by atoms with Crippen LogP contribution in [0.4, 0.5) is 17.1 Å². The third-order valence-electron chi connectivity index (χ3n) is 11.4. The highest BCUT2D eigenvalue weighted by atomic mass is 16.3. The number of para-hydroxylation sites is 1. The Balaban J connectivity index is 1.11. The fourth-order valence-electron chi connectivity index (χ4n) is 8.69. The third-order valence-corrected chi connectivity index (χ3v) is 11.4. The number of benzene rings is 10. The lowest BCUT2D eigenvalue weighted by Gasteiger charge is -2.27. The van der Waals surface area contributed by atoms with Gasteiger partial charge in [-0.3, -0.25) is 0 Å². The SMILES string of the molecule is c1ccc(-c2cccc(-c3cccc(N(c4ccc(-c5cc6ccccc6c6ccccc56)cc4)c4ccc(-c5ccccc5)c5oc6ccccc6c45)c3)c2)cc1. The molecule has 0 aliphatic heterocycles. The van der Waals surface area contributed by atoms with Crippen molar-refractivity contribution in [3.05, 3.63) is 224 Å². The van der Waals surface area contributed by atoms with Crippen LogP contribution in [0.1, 0.15) is 0 Å². The molecular weight excluding hydrogens is 703 g/mol. The summed E-state index contributed by atoms with van der Waals surface area (Å²) >= 11 is 0. The molecule has 0 spiro atoms. The molecule has 2 heteroatoms. The fraction of sp³-hybridized carbons (Fsp3) is 0. The van der Waals surface area contributed by atoms with Crippen LogP contribution in [-0.2, 0) is 0 Å². The molecule has 10 aromatic carbocycles. The molecule has 1 aromatic heterocycles. The number of hydrogen-bond donors (Lipinski definition) is 0. The van der Waals surface area contributed by atoms with Crippen molar-refractivity contribution in [1.82, 2.24) is 0 Å². The van der Waals surface area contributed by atoms with Crippen LogP contribution in [0.3, 0.4) is 0 Å². The normalized spacial score (nSPS) is 11.4. The van der Waals surface area contributed by atoms with Gasteiger partial charge in [0.05, 0.1) is 11.1 Å². The van der Waals surface area contributed by atoms with Crippen LogP contribution in [0.15, 0.2) is 229 Å². The number of nitrogens with zero attached hydrogens (tertiary/aromatic N) is 1. The van der Waals surface area contributed by atoms with Crippen LogP contribution in [0.25, 0.3) is 88.0 Å². The number of hydrogen-bond acceptors (Lipinski definition) is 2. The maximum absolute atomic E-state index is 6.78. The van der Waals surface area contributed by atoms with E-state index in [1.54, 1.807) is 0 Å². The lowest BCUT2D eigenvalue weighted by atomic mass is 9.93. The van der Waals surface area contributed by atoms with Gasteiger partial charge in [0.2, 0.25) is 0 Å². The van der Waals surface area contributed by atoms with Crippen LogP contribution in [0.2, 0.25) is 0 Å². The zero-order valence-corrected chi connectivity index (χ0v) is 31.7. The zero-order valence-electron chi connectivity index (χ0n) is 31.7. The van der Waals surface area contributed by atoms with E-state index in [2.05, 4.69) is 223 Å². The Morgan fingerprint density at radius 3 is 1.66 bits per heavy atom. The first kappa shape index (κ1) is 33.6. The predicted octanol–water partition coefficient (Wildman–Crippen LogP) is 16.0. The van der Waals surface area contributed by atoms with Gasteiger partial charge in [-0.05, 0) is 115 Å². The zero-order chi connectivity index (χ0) is 38.4. The Hall–Kier alpha value is -7.68. The molecule has 0 aliphatic rings. The number of rotatable bonds is 7. The number of anilines is 3. The van der Waals surface area contributed by atoms with Crippen LogP contribution >= 0.6 is 0 Å². The van der Waals surface area contributed by atoms with E-state index in [1.807, 2.05) is 6.07 Å². The molecule has 0 fully saturated rings. The van der Waals surface area contributed by atoms with Gasteiger partial charge in [0.15, 0.2) is 0 Å². The Morgan fingerprint density at radius 2 is 0.879 bits per heavy atom. The quantitative estimate of drug-likeness (QED) is 0.151. The Labute approximate surface area is 337 Å². The monoisotopic (exact) mass is 739 g/mol. The molecule has 2 nitrogen and oxygen atoms in total. The van der Waals surface area contributed by atoms with Crippen molar-refractivity contribution in [2.45, 2.75) is 0 Å². The standard InChI is InChI=1S/C56H37NO/c1-3-15-38(16-4-1)41-20-13-21-42(35-41)43-22-14-23-46(36-43)57(53-34-33-48(39-17-5-2-6-18-39)56-55(53)51-27-11-12-28-54(51)58-56)45-31-29-40(30-32-45)52-37-44-19-7-8-24-47(44)49-25-9-10-26-50(49)52/h1-37H. The highest BCUT2D eigenvalue weighted by molar-refractivity contribution is 6.17. The van der Waals surface area contributed by atoms with Crippen LogP contribution in [0.5, 0.6) is 0 Å². The van der Waals surface area contributed by atoms with Crippen molar-refractivity contribution in [2.24, 2.45) is 0 Å². The topological polar surface area (TPSA) is 16.4 Å². The molecule has 272 valence electrons. The van der Waals surface area contributed by atoms with Gasteiger partial charge in [-0.2, -0.15) is 0 Å². The average molecular weight is 740 g/mol. The van der Waals surface area contributed by atoms with E-state index in [4.69, 9.17) is 4.42 Å². The van der Waals surface area contributed by atoms with Gasteiger partial charge < -0.3 is 9.32 Å². The first-order valence-corrected chi connectivity index (χ1v) is 19.8. The van der Waals surface area contributed by atoms with Gasteiger partial charge in [0.1, 0.15) is 11.2 Å². The summed E-state index contributed by atoms with van der Waals surface area (Å²) in [6.07, 6.45) is 0. The minimum absolute atomic E-state index is 0.868.